The van der Waals surface area contributed by atoms with Gasteiger partial charge in [0.1, 0.15) is 0 Å². The van der Waals surface area contributed by atoms with Crippen molar-refractivity contribution in [1.29, 1.82) is 0 Å². The minimum absolute atomic E-state index is 1.22. The Bertz CT molecular complexity index is 129. The maximum atomic E-state index is 3.09. The van der Waals surface area contributed by atoms with E-state index in [2.05, 4.69) is 32.1 Å². The van der Waals surface area contributed by atoms with E-state index in [1.165, 1.54) is 31.3 Å². The Morgan fingerprint density at radius 2 is 2.09 bits per heavy atom. The van der Waals surface area contributed by atoms with Gasteiger partial charge in [-0.1, -0.05) is 31.9 Å². The molecule has 0 fully saturated rings. The molecule has 0 amide bonds. The van der Waals surface area contributed by atoms with Gasteiger partial charge in [-0.2, -0.15) is 0 Å². The monoisotopic (exact) mass is 151 g/mol. The van der Waals surface area contributed by atoms with Gasteiger partial charge >= 0.3 is 0 Å². The van der Waals surface area contributed by atoms with Crippen LogP contribution in [-0.4, -0.2) is 0 Å². The van der Waals surface area contributed by atoms with E-state index in [1.54, 1.807) is 0 Å². The van der Waals surface area contributed by atoms with Gasteiger partial charge in [-0.3, -0.25) is 0 Å². The van der Waals surface area contributed by atoms with E-state index < -0.39 is 0 Å². The predicted octanol–water partition coefficient (Wildman–Crippen LogP) is 3.89. The zero-order valence-electron chi connectivity index (χ0n) is 7.98. The van der Waals surface area contributed by atoms with Gasteiger partial charge in [0.25, 0.3) is 0 Å². The number of allylic oxidation sites excluding steroid dienone is 4. The molecule has 0 unspecified atom stereocenters. The molecule has 1 radical (unpaired) electrons. The second-order valence-corrected chi connectivity index (χ2v) is 2.83. The molecule has 0 atom stereocenters. The first-order valence-corrected chi connectivity index (χ1v) is 4.49. The number of hydrogen-bond acceptors (Lipinski definition) is 0. The van der Waals surface area contributed by atoms with Crippen LogP contribution in [0, 0.1) is 6.08 Å². The fourth-order valence-corrected chi connectivity index (χ4v) is 0.856. The molecule has 0 saturated heterocycles. The van der Waals surface area contributed by atoms with Crippen LogP contribution in [0.1, 0.15) is 46.5 Å². The minimum Gasteiger partial charge on any atom is -0.0843 e. The van der Waals surface area contributed by atoms with Gasteiger partial charge in [0, 0.05) is 0 Å². The molecular formula is C11H19. The van der Waals surface area contributed by atoms with E-state index in [1.807, 2.05) is 6.92 Å². The highest BCUT2D eigenvalue weighted by molar-refractivity contribution is 5.11. The van der Waals surface area contributed by atoms with E-state index >= 15 is 0 Å². The number of hydrogen-bond donors (Lipinski definition) is 0. The van der Waals surface area contributed by atoms with Crippen molar-refractivity contribution in [2.45, 2.75) is 46.5 Å². The molecule has 0 aliphatic carbocycles. The standard InChI is InChI=1S/C11H19/c1-4-6-7-8-9-10-11(3)5-2/h9-10H,4,6-8H2,1-3H3/b10-9+,11-5?. The lowest BCUT2D eigenvalue weighted by molar-refractivity contribution is 0.729. The first-order chi connectivity index (χ1) is 5.31. The molecule has 0 rings (SSSR count). The predicted molar refractivity (Wildman–Crippen MR) is 51.4 cm³/mol. The molecule has 0 aromatic carbocycles. The fourth-order valence-electron chi connectivity index (χ4n) is 0.856. The van der Waals surface area contributed by atoms with Gasteiger partial charge in [0.05, 0.1) is 0 Å². The summed E-state index contributed by atoms with van der Waals surface area (Å²) in [6.45, 7) is 6.26. The highest BCUT2D eigenvalue weighted by atomic mass is 13.9. The molecular weight excluding hydrogens is 132 g/mol. The summed E-state index contributed by atoms with van der Waals surface area (Å²) < 4.78 is 0. The maximum Gasteiger partial charge on any atom is -0.0348 e. The summed E-state index contributed by atoms with van der Waals surface area (Å²) in [6, 6.07) is 0. The van der Waals surface area contributed by atoms with Crippen molar-refractivity contribution in [3.8, 4) is 0 Å². The SMILES string of the molecule is C/[C]=C(C)\C=C\CCCCC. The van der Waals surface area contributed by atoms with Crippen LogP contribution in [0.2, 0.25) is 0 Å². The lowest BCUT2D eigenvalue weighted by Crippen LogP contribution is -1.71. The second-order valence-electron chi connectivity index (χ2n) is 2.83. The maximum absolute atomic E-state index is 3.09. The van der Waals surface area contributed by atoms with Crippen LogP contribution in [0.25, 0.3) is 0 Å². The highest BCUT2D eigenvalue weighted by Gasteiger charge is 1.81. The Balaban J connectivity index is 3.30. The average molecular weight is 151 g/mol. The average Bonchev–Trinajstić information content (AvgIpc) is 2.04. The third kappa shape index (κ3) is 7.38. The molecule has 0 spiro atoms. The van der Waals surface area contributed by atoms with Crippen molar-refractivity contribution in [1.82, 2.24) is 0 Å². The van der Waals surface area contributed by atoms with Crippen molar-refractivity contribution in [3.63, 3.8) is 0 Å². The van der Waals surface area contributed by atoms with Crippen LogP contribution in [-0.2, 0) is 0 Å². The van der Waals surface area contributed by atoms with Gasteiger partial charge in [-0.15, -0.1) is 0 Å². The lowest BCUT2D eigenvalue weighted by Gasteiger charge is -1.91. The Kier molecular flexibility index (Phi) is 7.23. The van der Waals surface area contributed by atoms with E-state index in [0.717, 1.165) is 0 Å². The molecule has 0 aromatic heterocycles. The van der Waals surface area contributed by atoms with Crippen LogP contribution in [0.5, 0.6) is 0 Å². The molecule has 0 heterocycles. The summed E-state index contributed by atoms with van der Waals surface area (Å²) in [6.07, 6.45) is 12.7. The number of unbranched alkanes of at least 4 members (excludes halogenated alkanes) is 3. The van der Waals surface area contributed by atoms with Crippen LogP contribution in [0.15, 0.2) is 17.7 Å². The van der Waals surface area contributed by atoms with E-state index in [-0.39, 0.29) is 0 Å². The Morgan fingerprint density at radius 1 is 1.36 bits per heavy atom. The molecule has 0 bridgehead atoms. The van der Waals surface area contributed by atoms with E-state index in [4.69, 9.17) is 0 Å². The fraction of sp³-hybridized carbons (Fsp3) is 0.636. The largest absolute Gasteiger partial charge is 0.0843 e. The van der Waals surface area contributed by atoms with E-state index in [9.17, 15) is 0 Å². The van der Waals surface area contributed by atoms with Crippen LogP contribution < -0.4 is 0 Å². The van der Waals surface area contributed by atoms with Crippen LogP contribution in [0.4, 0.5) is 0 Å². The zero-order valence-corrected chi connectivity index (χ0v) is 7.98. The van der Waals surface area contributed by atoms with Crippen LogP contribution >= 0.6 is 0 Å². The number of rotatable bonds is 5. The zero-order chi connectivity index (χ0) is 8.53. The summed E-state index contributed by atoms with van der Waals surface area (Å²) >= 11 is 0. The first kappa shape index (κ1) is 10.5. The quantitative estimate of drug-likeness (QED) is 0.413. The lowest BCUT2D eigenvalue weighted by atomic mass is 10.2. The van der Waals surface area contributed by atoms with Crippen molar-refractivity contribution in [2.75, 3.05) is 0 Å². The third-order valence-electron chi connectivity index (χ3n) is 1.74. The molecule has 0 aliphatic rings. The summed E-state index contributed by atoms with van der Waals surface area (Å²) in [4.78, 5) is 0. The van der Waals surface area contributed by atoms with Gasteiger partial charge < -0.3 is 0 Å². The molecule has 0 saturated carbocycles. The second kappa shape index (κ2) is 7.59. The Hall–Kier alpha value is -0.520. The van der Waals surface area contributed by atoms with Crippen molar-refractivity contribution >= 4 is 0 Å². The third-order valence-corrected chi connectivity index (χ3v) is 1.74. The van der Waals surface area contributed by atoms with Crippen molar-refractivity contribution < 1.29 is 0 Å². The summed E-state index contributed by atoms with van der Waals surface area (Å²) in [5.74, 6) is 0. The molecule has 0 aromatic rings. The summed E-state index contributed by atoms with van der Waals surface area (Å²) in [5, 5.41) is 0. The van der Waals surface area contributed by atoms with Gasteiger partial charge in [-0.25, -0.2) is 0 Å². The minimum atomic E-state index is 1.22. The smallest absolute Gasteiger partial charge is 0.0348 e. The normalized spacial score (nSPS) is 12.8. The van der Waals surface area contributed by atoms with Gasteiger partial charge in [0.2, 0.25) is 0 Å². The summed E-state index contributed by atoms with van der Waals surface area (Å²) in [5.41, 5.74) is 1.24. The summed E-state index contributed by atoms with van der Waals surface area (Å²) in [7, 11) is 0. The Labute approximate surface area is 71.0 Å². The molecule has 0 aliphatic heterocycles. The van der Waals surface area contributed by atoms with Crippen molar-refractivity contribution in [3.05, 3.63) is 23.8 Å². The highest BCUT2D eigenvalue weighted by Crippen LogP contribution is 2.01. The molecule has 0 N–H and O–H groups in total. The van der Waals surface area contributed by atoms with E-state index in [0.29, 0.717) is 0 Å². The van der Waals surface area contributed by atoms with Crippen LogP contribution in [0.3, 0.4) is 0 Å². The van der Waals surface area contributed by atoms with Gasteiger partial charge in [0.15, 0.2) is 0 Å². The molecule has 0 nitrogen and oxygen atoms in total. The topological polar surface area (TPSA) is 0 Å². The Morgan fingerprint density at radius 3 is 2.64 bits per heavy atom. The van der Waals surface area contributed by atoms with Crippen molar-refractivity contribution in [2.24, 2.45) is 0 Å². The molecule has 63 valence electrons. The molecule has 11 heavy (non-hydrogen) atoms. The van der Waals surface area contributed by atoms with Gasteiger partial charge in [-0.05, 0) is 38.3 Å². The molecule has 0 heteroatoms. The first-order valence-electron chi connectivity index (χ1n) is 4.49.